The third-order valence-electron chi connectivity index (χ3n) is 3.10. The number of ether oxygens (including phenoxy) is 1. The number of rotatable bonds is 5. The van der Waals surface area contributed by atoms with Gasteiger partial charge in [0.15, 0.2) is 0 Å². The molecule has 0 aliphatic heterocycles. The Kier molecular flexibility index (Phi) is 5.31. The minimum Gasteiger partial charge on any atom is -0.425 e. The molecule has 0 saturated carbocycles. The molecular weight excluding hydrogens is 278 g/mol. The van der Waals surface area contributed by atoms with Crippen molar-refractivity contribution in [2.24, 2.45) is 0 Å². The fraction of sp³-hybridized carbons (Fsp3) is 0.222. The molecular formula is C18H19NO3. The Bertz CT molecular complexity index is 620. The fourth-order valence-corrected chi connectivity index (χ4v) is 2.09. The highest BCUT2D eigenvalue weighted by molar-refractivity contribution is 5.84. The molecule has 0 atom stereocenters. The number of hydrogen-bond acceptors (Lipinski definition) is 3. The van der Waals surface area contributed by atoms with E-state index in [-0.39, 0.29) is 18.9 Å². The predicted octanol–water partition coefficient (Wildman–Crippen LogP) is 2.57. The number of carbonyl (C=O) groups excluding carboxylic acids is 2. The minimum absolute atomic E-state index is 0.140. The van der Waals surface area contributed by atoms with E-state index in [0.29, 0.717) is 5.75 Å². The molecule has 2 aromatic carbocycles. The van der Waals surface area contributed by atoms with Gasteiger partial charge in [0.05, 0.1) is 6.42 Å². The molecule has 1 N–H and O–H groups in total. The molecule has 114 valence electrons. The van der Waals surface area contributed by atoms with E-state index in [1.165, 1.54) is 0 Å². The summed E-state index contributed by atoms with van der Waals surface area (Å²) < 4.78 is 5.16. The smallest absolute Gasteiger partial charge is 0.330 e. The lowest BCUT2D eigenvalue weighted by Gasteiger charge is -2.07. The van der Waals surface area contributed by atoms with Crippen molar-refractivity contribution in [1.29, 1.82) is 0 Å². The van der Waals surface area contributed by atoms with E-state index in [4.69, 9.17) is 4.74 Å². The summed E-state index contributed by atoms with van der Waals surface area (Å²) in [5.74, 6) is -0.201. The van der Waals surface area contributed by atoms with Gasteiger partial charge in [-0.05, 0) is 37.1 Å². The van der Waals surface area contributed by atoms with Crippen LogP contribution in [0.15, 0.2) is 48.5 Å². The van der Waals surface area contributed by atoms with Crippen molar-refractivity contribution < 1.29 is 14.3 Å². The normalized spacial score (nSPS) is 10.1. The van der Waals surface area contributed by atoms with Gasteiger partial charge in [-0.15, -0.1) is 0 Å². The van der Waals surface area contributed by atoms with Crippen molar-refractivity contribution >= 4 is 11.9 Å². The highest BCUT2D eigenvalue weighted by Crippen LogP contribution is 2.12. The maximum atomic E-state index is 11.8. The molecule has 2 aromatic rings. The molecule has 0 spiro atoms. The first-order chi connectivity index (χ1) is 10.5. The highest BCUT2D eigenvalue weighted by Gasteiger charge is 2.08. The first-order valence-electron chi connectivity index (χ1n) is 7.12. The summed E-state index contributed by atoms with van der Waals surface area (Å²) in [5.41, 5.74) is 3.03. The van der Waals surface area contributed by atoms with Crippen molar-refractivity contribution in [2.75, 3.05) is 6.54 Å². The molecule has 0 aliphatic carbocycles. The van der Waals surface area contributed by atoms with Crippen LogP contribution in [0, 0.1) is 13.8 Å². The molecule has 0 bridgehead atoms. The lowest BCUT2D eigenvalue weighted by Crippen LogP contribution is -2.32. The molecule has 0 fully saturated rings. The Balaban J connectivity index is 1.79. The van der Waals surface area contributed by atoms with E-state index < -0.39 is 5.97 Å². The lowest BCUT2D eigenvalue weighted by molar-refractivity contribution is -0.135. The number of carbonyl (C=O) groups is 2. The van der Waals surface area contributed by atoms with Crippen molar-refractivity contribution in [2.45, 2.75) is 20.3 Å². The van der Waals surface area contributed by atoms with Gasteiger partial charge in [-0.3, -0.25) is 4.79 Å². The number of aryl methyl sites for hydroxylation is 2. The van der Waals surface area contributed by atoms with Crippen LogP contribution in [-0.2, 0) is 16.0 Å². The van der Waals surface area contributed by atoms with Crippen LogP contribution in [0.5, 0.6) is 5.75 Å². The molecule has 4 heteroatoms. The zero-order chi connectivity index (χ0) is 15.9. The average molecular weight is 297 g/mol. The van der Waals surface area contributed by atoms with Crippen molar-refractivity contribution in [3.8, 4) is 5.75 Å². The minimum atomic E-state index is -0.483. The number of esters is 1. The van der Waals surface area contributed by atoms with Crippen LogP contribution in [0.2, 0.25) is 0 Å². The zero-order valence-electron chi connectivity index (χ0n) is 12.8. The van der Waals surface area contributed by atoms with Crippen molar-refractivity contribution in [3.05, 3.63) is 65.2 Å². The standard InChI is InChI=1S/C18H19NO3/c1-13-5-3-7-15(9-13)11-17(20)19-12-18(21)22-16-8-4-6-14(2)10-16/h3-10H,11-12H2,1-2H3,(H,19,20). The molecule has 22 heavy (non-hydrogen) atoms. The van der Waals surface area contributed by atoms with Gasteiger partial charge >= 0.3 is 5.97 Å². The number of amides is 1. The number of nitrogens with one attached hydrogen (secondary N) is 1. The first kappa shape index (κ1) is 15.8. The second kappa shape index (κ2) is 7.41. The van der Waals surface area contributed by atoms with Crippen LogP contribution in [-0.4, -0.2) is 18.4 Å². The van der Waals surface area contributed by atoms with Gasteiger partial charge in [0.2, 0.25) is 5.91 Å². The second-order valence-electron chi connectivity index (χ2n) is 5.23. The Morgan fingerprint density at radius 1 is 1.00 bits per heavy atom. The fourth-order valence-electron chi connectivity index (χ4n) is 2.09. The molecule has 2 rings (SSSR count). The van der Waals surface area contributed by atoms with Crippen LogP contribution in [0.25, 0.3) is 0 Å². The second-order valence-corrected chi connectivity index (χ2v) is 5.23. The van der Waals surface area contributed by atoms with Crippen LogP contribution < -0.4 is 10.1 Å². The van der Waals surface area contributed by atoms with E-state index >= 15 is 0 Å². The van der Waals surface area contributed by atoms with Crippen molar-refractivity contribution in [3.63, 3.8) is 0 Å². The van der Waals surface area contributed by atoms with Gasteiger partial charge in [0, 0.05) is 0 Å². The van der Waals surface area contributed by atoms with E-state index in [1.54, 1.807) is 12.1 Å². The molecule has 0 heterocycles. The highest BCUT2D eigenvalue weighted by atomic mass is 16.5. The van der Waals surface area contributed by atoms with Gasteiger partial charge in [-0.25, -0.2) is 4.79 Å². The van der Waals surface area contributed by atoms with Crippen LogP contribution in [0.1, 0.15) is 16.7 Å². The summed E-state index contributed by atoms with van der Waals surface area (Å²) in [6, 6.07) is 14.9. The third kappa shape index (κ3) is 5.05. The van der Waals surface area contributed by atoms with Gasteiger partial charge < -0.3 is 10.1 Å². The molecule has 0 unspecified atom stereocenters. The van der Waals surface area contributed by atoms with Gasteiger partial charge in [0.25, 0.3) is 0 Å². The first-order valence-corrected chi connectivity index (χ1v) is 7.12. The molecule has 0 aromatic heterocycles. The number of hydrogen-bond donors (Lipinski definition) is 1. The average Bonchev–Trinajstić information content (AvgIpc) is 2.45. The van der Waals surface area contributed by atoms with Crippen molar-refractivity contribution in [1.82, 2.24) is 5.32 Å². The number of benzene rings is 2. The monoisotopic (exact) mass is 297 g/mol. The van der Waals surface area contributed by atoms with Gasteiger partial charge in [0.1, 0.15) is 12.3 Å². The largest absolute Gasteiger partial charge is 0.425 e. The summed E-state index contributed by atoms with van der Waals surface area (Å²) in [7, 11) is 0. The topological polar surface area (TPSA) is 55.4 Å². The Morgan fingerprint density at radius 2 is 1.68 bits per heavy atom. The Hall–Kier alpha value is -2.62. The summed E-state index contributed by atoms with van der Waals surface area (Å²) in [6.07, 6.45) is 0.249. The van der Waals surface area contributed by atoms with Crippen LogP contribution >= 0.6 is 0 Å². The summed E-state index contributed by atoms with van der Waals surface area (Å²) >= 11 is 0. The third-order valence-corrected chi connectivity index (χ3v) is 3.10. The molecule has 4 nitrogen and oxygen atoms in total. The zero-order valence-corrected chi connectivity index (χ0v) is 12.8. The molecule has 0 radical (unpaired) electrons. The SMILES string of the molecule is Cc1cccc(CC(=O)NCC(=O)Oc2cccc(C)c2)c1. The summed E-state index contributed by atoms with van der Waals surface area (Å²) in [5, 5.41) is 2.57. The van der Waals surface area contributed by atoms with E-state index in [9.17, 15) is 9.59 Å². The Morgan fingerprint density at radius 3 is 2.36 bits per heavy atom. The molecule has 1 amide bonds. The van der Waals surface area contributed by atoms with Crippen LogP contribution in [0.3, 0.4) is 0 Å². The summed E-state index contributed by atoms with van der Waals surface area (Å²) in [6.45, 7) is 3.75. The maximum Gasteiger partial charge on any atom is 0.330 e. The summed E-state index contributed by atoms with van der Waals surface area (Å²) in [4.78, 5) is 23.5. The Labute approximate surface area is 130 Å². The van der Waals surface area contributed by atoms with Gasteiger partial charge in [-0.1, -0.05) is 42.0 Å². The predicted molar refractivity (Wildman–Crippen MR) is 84.7 cm³/mol. The maximum absolute atomic E-state index is 11.8. The molecule has 0 aliphatic rings. The molecule has 0 saturated heterocycles. The van der Waals surface area contributed by atoms with Crippen LogP contribution in [0.4, 0.5) is 0 Å². The quantitative estimate of drug-likeness (QED) is 0.681. The van der Waals surface area contributed by atoms with E-state index in [1.807, 2.05) is 50.2 Å². The van der Waals surface area contributed by atoms with Gasteiger partial charge in [-0.2, -0.15) is 0 Å². The lowest BCUT2D eigenvalue weighted by atomic mass is 10.1. The van der Waals surface area contributed by atoms with E-state index in [0.717, 1.165) is 16.7 Å². The van der Waals surface area contributed by atoms with E-state index in [2.05, 4.69) is 5.32 Å².